The highest BCUT2D eigenvalue weighted by Crippen LogP contribution is 2.37. The van der Waals surface area contributed by atoms with Gasteiger partial charge in [0.2, 0.25) is 5.91 Å². The minimum atomic E-state index is -0.495. The zero-order valence-corrected chi connectivity index (χ0v) is 12.0. The zero-order valence-electron chi connectivity index (χ0n) is 10.3. The Morgan fingerprint density at radius 3 is 2.58 bits per heavy atom. The van der Waals surface area contributed by atoms with Crippen molar-refractivity contribution in [1.29, 1.82) is 0 Å². The van der Waals surface area contributed by atoms with Gasteiger partial charge in [-0.25, -0.2) is 0 Å². The van der Waals surface area contributed by atoms with Crippen LogP contribution in [0.15, 0.2) is 0 Å². The minimum Gasteiger partial charge on any atom is -0.393 e. The van der Waals surface area contributed by atoms with Crippen molar-refractivity contribution in [3.8, 4) is 0 Å². The maximum absolute atomic E-state index is 11.7. The highest BCUT2D eigenvalue weighted by atomic mass is 32.1. The molecule has 0 spiro atoms. The molecule has 0 saturated carbocycles. The first kappa shape index (κ1) is 14.0. The van der Waals surface area contributed by atoms with Crippen LogP contribution >= 0.6 is 23.6 Å². The van der Waals surface area contributed by atoms with Gasteiger partial charge in [0.25, 0.3) is 5.91 Å². The number of rotatable bonds is 4. The Kier molecular flexibility index (Phi) is 4.16. The monoisotopic (exact) mass is 297 g/mol. The summed E-state index contributed by atoms with van der Waals surface area (Å²) in [7, 11) is 0. The van der Waals surface area contributed by atoms with Gasteiger partial charge in [0.15, 0.2) is 0 Å². The summed E-state index contributed by atoms with van der Waals surface area (Å²) in [5, 5.41) is 3.22. The second-order valence-electron chi connectivity index (χ2n) is 4.47. The summed E-state index contributed by atoms with van der Waals surface area (Å²) in [5.41, 5.74) is 12.2. The highest BCUT2D eigenvalue weighted by Gasteiger charge is 2.24. The highest BCUT2D eigenvalue weighted by molar-refractivity contribution is 7.80. The van der Waals surface area contributed by atoms with Crippen molar-refractivity contribution in [2.24, 2.45) is 11.5 Å². The van der Waals surface area contributed by atoms with Crippen molar-refractivity contribution < 1.29 is 9.59 Å². The first-order valence-corrected chi connectivity index (χ1v) is 7.24. The van der Waals surface area contributed by atoms with Crippen LogP contribution in [0.1, 0.15) is 40.1 Å². The van der Waals surface area contributed by atoms with Gasteiger partial charge in [-0.05, 0) is 31.2 Å². The molecule has 1 aliphatic carbocycles. The third kappa shape index (κ3) is 3.10. The average molecular weight is 297 g/mol. The molecule has 2 amide bonds. The number of nitrogens with one attached hydrogen (secondary N) is 1. The fourth-order valence-corrected chi connectivity index (χ4v) is 3.69. The molecule has 102 valence electrons. The van der Waals surface area contributed by atoms with E-state index < -0.39 is 5.91 Å². The molecule has 19 heavy (non-hydrogen) atoms. The van der Waals surface area contributed by atoms with Crippen LogP contribution in [0, 0.1) is 0 Å². The molecular formula is C12H15N3O2S2. The molecule has 1 aliphatic rings. The van der Waals surface area contributed by atoms with Gasteiger partial charge in [0.1, 0.15) is 5.00 Å². The Balaban J connectivity index is 2.29. The van der Waals surface area contributed by atoms with E-state index in [1.165, 1.54) is 11.3 Å². The van der Waals surface area contributed by atoms with E-state index >= 15 is 0 Å². The Bertz CT molecular complexity index is 551. The van der Waals surface area contributed by atoms with Gasteiger partial charge in [-0.3, -0.25) is 9.59 Å². The minimum absolute atomic E-state index is 0.0316. The number of amides is 2. The van der Waals surface area contributed by atoms with Crippen LogP contribution in [-0.2, 0) is 17.6 Å². The molecule has 0 aliphatic heterocycles. The van der Waals surface area contributed by atoms with Gasteiger partial charge in [-0.2, -0.15) is 0 Å². The first-order chi connectivity index (χ1) is 8.99. The molecule has 5 N–H and O–H groups in total. The number of hydrogen-bond donors (Lipinski definition) is 3. The summed E-state index contributed by atoms with van der Waals surface area (Å²) < 4.78 is 0. The number of fused-ring (bicyclic) bond motifs is 1. The lowest BCUT2D eigenvalue weighted by Crippen LogP contribution is -2.22. The van der Waals surface area contributed by atoms with Crippen LogP contribution in [0.4, 0.5) is 5.00 Å². The predicted octanol–water partition coefficient (Wildman–Crippen LogP) is 1.34. The summed E-state index contributed by atoms with van der Waals surface area (Å²) in [4.78, 5) is 24.5. The number of hydrogen-bond acceptors (Lipinski definition) is 4. The van der Waals surface area contributed by atoms with Crippen LogP contribution in [0.2, 0.25) is 0 Å². The Morgan fingerprint density at radius 2 is 1.95 bits per heavy atom. The molecule has 0 fully saturated rings. The lowest BCUT2D eigenvalue weighted by molar-refractivity contribution is -0.115. The number of anilines is 1. The number of thiophene rings is 1. The van der Waals surface area contributed by atoms with Crippen molar-refractivity contribution in [2.45, 2.75) is 32.1 Å². The molecule has 0 unspecified atom stereocenters. The smallest absolute Gasteiger partial charge is 0.251 e. The molecule has 0 atom stereocenters. The Labute approximate surface area is 120 Å². The number of aryl methyl sites for hydroxylation is 1. The van der Waals surface area contributed by atoms with Gasteiger partial charge in [0.05, 0.1) is 17.0 Å². The lowest BCUT2D eigenvalue weighted by atomic mass is 9.95. The van der Waals surface area contributed by atoms with Crippen LogP contribution in [0.25, 0.3) is 0 Å². The number of thiocarbonyl (C=S) groups is 1. The number of carbonyl (C=O) groups is 2. The van der Waals surface area contributed by atoms with E-state index in [2.05, 4.69) is 17.5 Å². The normalized spacial score (nSPS) is 13.7. The maximum Gasteiger partial charge on any atom is 0.251 e. The molecule has 0 saturated heterocycles. The largest absolute Gasteiger partial charge is 0.393 e. The molecule has 0 radical (unpaired) electrons. The Morgan fingerprint density at radius 1 is 1.26 bits per heavy atom. The zero-order chi connectivity index (χ0) is 14.0. The van der Waals surface area contributed by atoms with Gasteiger partial charge in [-0.1, -0.05) is 12.2 Å². The number of nitrogens with two attached hydrogens (primary N) is 2. The summed E-state index contributed by atoms with van der Waals surface area (Å²) in [6, 6.07) is 0. The fraction of sp³-hybridized carbons (Fsp3) is 0.417. The van der Waals surface area contributed by atoms with Gasteiger partial charge >= 0.3 is 0 Å². The lowest BCUT2D eigenvalue weighted by Gasteiger charge is -2.11. The SMILES string of the molecule is NC(=O)c1c(NC(=O)CC(N)=S)sc2c1CCCC2. The van der Waals surface area contributed by atoms with E-state index in [0.717, 1.165) is 36.1 Å². The topological polar surface area (TPSA) is 98.2 Å². The van der Waals surface area contributed by atoms with Crippen LogP contribution in [0.3, 0.4) is 0 Å². The van der Waals surface area contributed by atoms with E-state index in [9.17, 15) is 9.59 Å². The second-order valence-corrected chi connectivity index (χ2v) is 6.10. The van der Waals surface area contributed by atoms with Gasteiger partial charge in [-0.15, -0.1) is 11.3 Å². The van der Waals surface area contributed by atoms with Crippen LogP contribution in [0.5, 0.6) is 0 Å². The van der Waals surface area contributed by atoms with E-state index in [0.29, 0.717) is 10.6 Å². The molecule has 5 nitrogen and oxygen atoms in total. The molecule has 1 heterocycles. The number of primary amides is 1. The predicted molar refractivity (Wildman–Crippen MR) is 79.5 cm³/mol. The first-order valence-electron chi connectivity index (χ1n) is 6.01. The molecule has 0 aromatic carbocycles. The van der Waals surface area contributed by atoms with Gasteiger partial charge < -0.3 is 16.8 Å². The molecular weight excluding hydrogens is 282 g/mol. The summed E-state index contributed by atoms with van der Waals surface area (Å²) in [6.07, 6.45) is 3.90. The molecule has 0 bridgehead atoms. The maximum atomic E-state index is 11.7. The van der Waals surface area contributed by atoms with Crippen molar-refractivity contribution in [3.63, 3.8) is 0 Å². The van der Waals surface area contributed by atoms with Crippen LogP contribution in [-0.4, -0.2) is 16.8 Å². The summed E-state index contributed by atoms with van der Waals surface area (Å²) in [5.74, 6) is -0.807. The number of carbonyl (C=O) groups excluding carboxylic acids is 2. The Hall–Kier alpha value is -1.47. The van der Waals surface area contributed by atoms with E-state index in [1.54, 1.807) is 0 Å². The molecule has 1 aromatic heterocycles. The van der Waals surface area contributed by atoms with Crippen molar-refractivity contribution in [3.05, 3.63) is 16.0 Å². The standard InChI is InChI=1S/C12H15N3O2S2/c13-8(18)5-9(16)15-12-10(11(14)17)6-3-1-2-4-7(6)19-12/h1-5H2,(H2,13,18)(H2,14,17)(H,15,16). The molecule has 7 heteroatoms. The van der Waals surface area contributed by atoms with Crippen molar-refractivity contribution >= 4 is 45.4 Å². The molecule has 1 aromatic rings. The summed E-state index contributed by atoms with van der Waals surface area (Å²) >= 11 is 6.12. The quantitative estimate of drug-likeness (QED) is 0.730. The van der Waals surface area contributed by atoms with Gasteiger partial charge in [0, 0.05) is 4.88 Å². The second kappa shape index (κ2) is 5.66. The molecule has 2 rings (SSSR count). The van der Waals surface area contributed by atoms with Crippen molar-refractivity contribution in [1.82, 2.24) is 0 Å². The van der Waals surface area contributed by atoms with E-state index in [4.69, 9.17) is 11.5 Å². The fourth-order valence-electron chi connectivity index (χ4n) is 2.24. The van der Waals surface area contributed by atoms with Crippen molar-refractivity contribution in [2.75, 3.05) is 5.32 Å². The van der Waals surface area contributed by atoms with Crippen LogP contribution < -0.4 is 16.8 Å². The van der Waals surface area contributed by atoms with E-state index in [1.807, 2.05) is 0 Å². The third-order valence-electron chi connectivity index (χ3n) is 3.01. The van der Waals surface area contributed by atoms with E-state index in [-0.39, 0.29) is 17.3 Å². The third-order valence-corrected chi connectivity index (χ3v) is 4.36. The average Bonchev–Trinajstić information content (AvgIpc) is 2.64. The summed E-state index contributed by atoms with van der Waals surface area (Å²) in [6.45, 7) is 0.